The molecule has 0 spiro atoms. The van der Waals surface area contributed by atoms with Crippen LogP contribution in [-0.2, 0) is 4.74 Å². The second kappa shape index (κ2) is 6.30. The average molecular weight is 319 g/mol. The second-order valence-electron chi connectivity index (χ2n) is 5.20. The van der Waals surface area contributed by atoms with Gasteiger partial charge >= 0.3 is 0 Å². The van der Waals surface area contributed by atoms with Crippen LogP contribution in [0, 0.1) is 5.82 Å². The molecule has 0 aliphatic heterocycles. The number of hydrogen-bond donors (Lipinski definition) is 2. The van der Waals surface area contributed by atoms with Crippen LogP contribution in [0.25, 0.3) is 22.6 Å². The second-order valence-corrected chi connectivity index (χ2v) is 6.25. The SMILES string of the molecule is CNC(O)c1c(-c2ccc(F)cc2)sc2c1=CC(OC)CC=2. The molecule has 2 aromatic rings. The number of aliphatic hydroxyl groups excluding tert-OH is 1. The summed E-state index contributed by atoms with van der Waals surface area (Å²) < 4.78 is 19.7. The molecule has 116 valence electrons. The quantitative estimate of drug-likeness (QED) is 0.844. The van der Waals surface area contributed by atoms with Crippen molar-refractivity contribution in [2.24, 2.45) is 0 Å². The number of benzene rings is 1. The summed E-state index contributed by atoms with van der Waals surface area (Å²) in [6.07, 6.45) is 4.25. The van der Waals surface area contributed by atoms with E-state index in [1.807, 2.05) is 0 Å². The van der Waals surface area contributed by atoms with Crippen LogP contribution in [0.1, 0.15) is 18.2 Å². The number of rotatable bonds is 4. The number of ether oxygens (including phenoxy) is 1. The molecule has 0 fully saturated rings. The minimum absolute atomic E-state index is 0.0194. The van der Waals surface area contributed by atoms with Crippen LogP contribution < -0.4 is 15.1 Å². The van der Waals surface area contributed by atoms with Crippen molar-refractivity contribution in [1.29, 1.82) is 0 Å². The van der Waals surface area contributed by atoms with E-state index in [-0.39, 0.29) is 11.9 Å². The van der Waals surface area contributed by atoms with Crippen molar-refractivity contribution in [3.8, 4) is 10.4 Å². The highest BCUT2D eigenvalue weighted by Crippen LogP contribution is 2.29. The van der Waals surface area contributed by atoms with Gasteiger partial charge in [-0.1, -0.05) is 18.2 Å². The summed E-state index contributed by atoms with van der Waals surface area (Å²) in [4.78, 5) is 0.955. The zero-order chi connectivity index (χ0) is 15.7. The number of fused-ring (bicyclic) bond motifs is 1. The molecular weight excluding hydrogens is 301 g/mol. The lowest BCUT2D eigenvalue weighted by atomic mass is 10.0. The maximum atomic E-state index is 13.2. The highest BCUT2D eigenvalue weighted by atomic mass is 32.1. The van der Waals surface area contributed by atoms with Crippen molar-refractivity contribution in [3.05, 3.63) is 45.4 Å². The Labute approximate surface area is 132 Å². The number of halogens is 1. The van der Waals surface area contributed by atoms with Crippen LogP contribution >= 0.6 is 11.3 Å². The van der Waals surface area contributed by atoms with E-state index in [2.05, 4.69) is 17.5 Å². The Morgan fingerprint density at radius 2 is 2.09 bits per heavy atom. The van der Waals surface area contributed by atoms with Crippen molar-refractivity contribution in [3.63, 3.8) is 0 Å². The van der Waals surface area contributed by atoms with Crippen LogP contribution in [0.3, 0.4) is 0 Å². The van der Waals surface area contributed by atoms with E-state index in [4.69, 9.17) is 4.74 Å². The maximum absolute atomic E-state index is 13.2. The zero-order valence-corrected chi connectivity index (χ0v) is 13.3. The Bertz CT molecular complexity index is 782. The van der Waals surface area contributed by atoms with Crippen LogP contribution in [0.5, 0.6) is 0 Å². The van der Waals surface area contributed by atoms with E-state index in [0.717, 1.165) is 32.2 Å². The van der Waals surface area contributed by atoms with Crippen molar-refractivity contribution in [2.45, 2.75) is 18.8 Å². The molecule has 0 bridgehead atoms. The zero-order valence-electron chi connectivity index (χ0n) is 12.5. The number of nitrogens with one attached hydrogen (secondary N) is 1. The number of thiophene rings is 1. The molecule has 1 aliphatic carbocycles. The lowest BCUT2D eigenvalue weighted by Gasteiger charge is -2.14. The van der Waals surface area contributed by atoms with Crippen LogP contribution in [0.4, 0.5) is 4.39 Å². The smallest absolute Gasteiger partial charge is 0.132 e. The van der Waals surface area contributed by atoms with E-state index < -0.39 is 6.23 Å². The van der Waals surface area contributed by atoms with Crippen LogP contribution in [-0.4, -0.2) is 25.4 Å². The molecule has 0 amide bonds. The van der Waals surface area contributed by atoms with Crippen LogP contribution in [0.15, 0.2) is 24.3 Å². The summed E-state index contributed by atoms with van der Waals surface area (Å²) in [7, 11) is 3.39. The Balaban J connectivity index is 2.24. The molecule has 2 atom stereocenters. The molecule has 0 saturated heterocycles. The summed E-state index contributed by atoms with van der Waals surface area (Å²) in [5, 5.41) is 14.3. The summed E-state index contributed by atoms with van der Waals surface area (Å²) in [6, 6.07) is 6.36. The molecular formula is C17H18FNO2S. The predicted molar refractivity (Wildman–Crippen MR) is 87.3 cm³/mol. The van der Waals surface area contributed by atoms with E-state index in [1.165, 1.54) is 12.1 Å². The van der Waals surface area contributed by atoms with Gasteiger partial charge in [-0.15, -0.1) is 11.3 Å². The number of methoxy groups -OCH3 is 1. The maximum Gasteiger partial charge on any atom is 0.132 e. The van der Waals surface area contributed by atoms with Crippen molar-refractivity contribution >= 4 is 23.5 Å². The van der Waals surface area contributed by atoms with Gasteiger partial charge in [0.2, 0.25) is 0 Å². The third-order valence-electron chi connectivity index (χ3n) is 3.86. The summed E-state index contributed by atoms with van der Waals surface area (Å²) in [5.74, 6) is -0.265. The van der Waals surface area contributed by atoms with Gasteiger partial charge in [0, 0.05) is 22.1 Å². The van der Waals surface area contributed by atoms with E-state index in [1.54, 1.807) is 37.6 Å². The molecule has 1 aromatic carbocycles. The minimum Gasteiger partial charge on any atom is -0.377 e. The van der Waals surface area contributed by atoms with Gasteiger partial charge in [0.15, 0.2) is 0 Å². The lowest BCUT2D eigenvalue weighted by Crippen LogP contribution is -2.33. The van der Waals surface area contributed by atoms with Gasteiger partial charge in [-0.2, -0.15) is 0 Å². The van der Waals surface area contributed by atoms with E-state index in [9.17, 15) is 9.50 Å². The highest BCUT2D eigenvalue weighted by Gasteiger charge is 2.20. The van der Waals surface area contributed by atoms with Gasteiger partial charge in [0.1, 0.15) is 12.0 Å². The Morgan fingerprint density at radius 1 is 1.36 bits per heavy atom. The van der Waals surface area contributed by atoms with Crippen molar-refractivity contribution in [1.82, 2.24) is 5.32 Å². The molecule has 1 heterocycles. The minimum atomic E-state index is -0.777. The molecule has 0 radical (unpaired) electrons. The van der Waals surface area contributed by atoms with Gasteiger partial charge < -0.3 is 9.84 Å². The first-order valence-electron chi connectivity index (χ1n) is 7.13. The molecule has 5 heteroatoms. The highest BCUT2D eigenvalue weighted by molar-refractivity contribution is 7.13. The standard InChI is InChI=1S/C17H18FNO2S/c1-19-17(20)15-13-9-12(21-2)7-8-14(13)22-16(15)10-3-5-11(18)6-4-10/h3-6,8-9,12,17,19-20H,7H2,1-2H3. The van der Waals surface area contributed by atoms with Gasteiger partial charge in [-0.3, -0.25) is 5.32 Å². The molecule has 0 saturated carbocycles. The Kier molecular flexibility index (Phi) is 4.40. The number of hydrogen-bond acceptors (Lipinski definition) is 4. The summed E-state index contributed by atoms with van der Waals surface area (Å²) >= 11 is 1.61. The Hall–Kier alpha value is -1.53. The fourth-order valence-electron chi connectivity index (χ4n) is 2.67. The average Bonchev–Trinajstić information content (AvgIpc) is 2.93. The first-order valence-corrected chi connectivity index (χ1v) is 7.94. The first kappa shape index (κ1) is 15.4. The summed E-state index contributed by atoms with van der Waals surface area (Å²) in [6.45, 7) is 0. The normalized spacial score (nSPS) is 18.3. The lowest BCUT2D eigenvalue weighted by molar-refractivity contribution is 0.147. The van der Waals surface area contributed by atoms with Crippen molar-refractivity contribution < 1.29 is 14.2 Å². The van der Waals surface area contributed by atoms with E-state index >= 15 is 0 Å². The third-order valence-corrected chi connectivity index (χ3v) is 5.12. The Morgan fingerprint density at radius 3 is 2.73 bits per heavy atom. The molecule has 22 heavy (non-hydrogen) atoms. The third kappa shape index (κ3) is 2.73. The van der Waals surface area contributed by atoms with Gasteiger partial charge in [0.25, 0.3) is 0 Å². The topological polar surface area (TPSA) is 41.5 Å². The largest absolute Gasteiger partial charge is 0.377 e. The van der Waals surface area contributed by atoms with Gasteiger partial charge in [-0.05, 0) is 42.5 Å². The first-order chi connectivity index (χ1) is 10.6. The van der Waals surface area contributed by atoms with Gasteiger partial charge in [-0.25, -0.2) is 4.39 Å². The molecule has 1 aromatic heterocycles. The van der Waals surface area contributed by atoms with E-state index in [0.29, 0.717) is 0 Å². The molecule has 1 aliphatic rings. The van der Waals surface area contributed by atoms with Crippen molar-refractivity contribution in [2.75, 3.05) is 14.2 Å². The van der Waals surface area contributed by atoms with Gasteiger partial charge in [0.05, 0.1) is 6.10 Å². The van der Waals surface area contributed by atoms with Crippen LogP contribution in [0.2, 0.25) is 0 Å². The fraction of sp³-hybridized carbons (Fsp3) is 0.294. The molecule has 3 rings (SSSR count). The molecule has 2 N–H and O–H groups in total. The predicted octanol–water partition coefficient (Wildman–Crippen LogP) is 1.74. The summed E-state index contributed by atoms with van der Waals surface area (Å²) in [5.41, 5.74) is 1.73. The fourth-order valence-corrected chi connectivity index (χ4v) is 3.94. The monoisotopic (exact) mass is 319 g/mol. The number of aliphatic hydroxyl groups is 1. The molecule has 2 unspecified atom stereocenters. The molecule has 3 nitrogen and oxygen atoms in total.